The van der Waals surface area contributed by atoms with E-state index in [1.54, 1.807) is 42.5 Å². The molecule has 1 atom stereocenters. The monoisotopic (exact) mass is 470 g/mol. The Bertz CT molecular complexity index is 1130. The summed E-state index contributed by atoms with van der Waals surface area (Å²) in [6.07, 6.45) is 0. The summed E-state index contributed by atoms with van der Waals surface area (Å²) in [5, 5.41) is 14.2. The second-order valence-electron chi connectivity index (χ2n) is 6.92. The molecule has 3 rings (SSSR count). The van der Waals surface area contributed by atoms with Crippen molar-refractivity contribution in [2.24, 2.45) is 11.0 Å². The van der Waals surface area contributed by atoms with E-state index < -0.39 is 17.7 Å². The lowest BCUT2D eigenvalue weighted by Gasteiger charge is -2.14. The molecule has 3 aromatic carbocycles. The number of halogens is 2. The predicted octanol–water partition coefficient (Wildman–Crippen LogP) is 5.68. The van der Waals surface area contributed by atoms with Crippen LogP contribution in [0.1, 0.15) is 18.1 Å². The van der Waals surface area contributed by atoms with Gasteiger partial charge in [-0.15, -0.1) is 0 Å². The lowest BCUT2D eigenvalue weighted by Crippen LogP contribution is -2.29. The normalized spacial score (nSPS) is 12.2. The van der Waals surface area contributed by atoms with E-state index in [0.29, 0.717) is 33.7 Å². The van der Waals surface area contributed by atoms with Crippen molar-refractivity contribution in [1.29, 1.82) is 0 Å². The zero-order valence-corrected chi connectivity index (χ0v) is 18.6. The van der Waals surface area contributed by atoms with Gasteiger partial charge >= 0.3 is 5.97 Å². The van der Waals surface area contributed by atoms with Crippen LogP contribution in [0.2, 0.25) is 10.0 Å². The van der Waals surface area contributed by atoms with Crippen LogP contribution in [-0.4, -0.2) is 22.6 Å². The van der Waals surface area contributed by atoms with Gasteiger partial charge in [-0.2, -0.15) is 5.10 Å². The highest BCUT2D eigenvalue weighted by Gasteiger charge is 2.26. The number of hydrogen-bond acceptors (Lipinski definition) is 5. The number of carboxylic acids is 1. The third-order valence-corrected chi connectivity index (χ3v) is 5.19. The number of Topliss-reactive ketones (excluding diaryl/α,β-unsaturated/α-hetero) is 1. The van der Waals surface area contributed by atoms with Crippen LogP contribution in [0.5, 0.6) is 5.75 Å². The Balaban J connectivity index is 1.83. The first-order valence-corrected chi connectivity index (χ1v) is 10.4. The molecule has 0 fully saturated rings. The minimum Gasteiger partial charge on any atom is -0.489 e. The summed E-state index contributed by atoms with van der Waals surface area (Å²) >= 11 is 12.1. The molecule has 8 heteroatoms. The van der Waals surface area contributed by atoms with E-state index in [1.165, 1.54) is 6.92 Å². The van der Waals surface area contributed by atoms with E-state index in [9.17, 15) is 9.59 Å². The van der Waals surface area contributed by atoms with Crippen molar-refractivity contribution in [2.45, 2.75) is 13.5 Å². The van der Waals surface area contributed by atoms with E-state index in [4.69, 9.17) is 33.0 Å². The van der Waals surface area contributed by atoms with Gasteiger partial charge in [0.2, 0.25) is 5.78 Å². The highest BCUT2D eigenvalue weighted by Crippen LogP contribution is 2.26. The Hall–Kier alpha value is -3.35. The number of ketones is 1. The molecule has 0 heterocycles. The van der Waals surface area contributed by atoms with Gasteiger partial charge in [0, 0.05) is 5.02 Å². The Morgan fingerprint density at radius 1 is 1.03 bits per heavy atom. The smallest absolute Gasteiger partial charge is 0.372 e. The number of hydrogen-bond donors (Lipinski definition) is 2. The van der Waals surface area contributed by atoms with Crippen LogP contribution in [0.3, 0.4) is 0 Å². The van der Waals surface area contributed by atoms with E-state index in [0.717, 1.165) is 5.56 Å². The number of anilines is 1. The number of nitrogens with zero attached hydrogens (tertiary/aromatic N) is 1. The summed E-state index contributed by atoms with van der Waals surface area (Å²) in [5.41, 5.74) is 5.11. The number of rotatable bonds is 9. The fraction of sp³-hybridized carbons (Fsp3) is 0.125. The van der Waals surface area contributed by atoms with Gasteiger partial charge in [0.05, 0.1) is 22.3 Å². The zero-order chi connectivity index (χ0) is 23.1. The van der Waals surface area contributed by atoms with Crippen molar-refractivity contribution in [3.8, 4) is 5.75 Å². The number of ether oxygens (including phenoxy) is 1. The Morgan fingerprint density at radius 2 is 1.72 bits per heavy atom. The first-order valence-electron chi connectivity index (χ1n) is 9.68. The summed E-state index contributed by atoms with van der Waals surface area (Å²) < 4.78 is 5.78. The first kappa shape index (κ1) is 23.3. The maximum Gasteiger partial charge on any atom is 0.372 e. The number of carboxylic acid groups (broad SMARTS) is 1. The molecular formula is C24H20Cl2N2O4. The number of benzene rings is 3. The Labute approximate surface area is 195 Å². The highest BCUT2D eigenvalue weighted by atomic mass is 35.5. The molecule has 32 heavy (non-hydrogen) atoms. The number of nitrogens with one attached hydrogen (secondary N) is 1. The number of aliphatic carboxylic acids is 1. The van der Waals surface area contributed by atoms with Crippen LogP contribution in [0.15, 0.2) is 77.9 Å². The van der Waals surface area contributed by atoms with E-state index in [2.05, 4.69) is 10.5 Å². The molecule has 6 nitrogen and oxygen atoms in total. The van der Waals surface area contributed by atoms with E-state index >= 15 is 0 Å². The Kier molecular flexibility index (Phi) is 7.87. The van der Waals surface area contributed by atoms with Gasteiger partial charge in [-0.1, -0.05) is 53.5 Å². The first-order chi connectivity index (χ1) is 15.3. The molecule has 0 saturated heterocycles. The van der Waals surface area contributed by atoms with Gasteiger partial charge in [0.1, 0.15) is 12.4 Å². The largest absolute Gasteiger partial charge is 0.489 e. The minimum absolute atomic E-state index is 0.248. The molecule has 0 aliphatic carbocycles. The second kappa shape index (κ2) is 10.8. The standard InChI is InChI=1S/C24H20Cl2N2O4/c1-15(23(29)24(30)31)22(28-27-21-12-9-18(25)13-20(21)26)17-7-10-19(11-8-17)32-14-16-5-3-2-4-6-16/h2-13,15,27H,14H2,1H3,(H,30,31). The lowest BCUT2D eigenvalue weighted by atomic mass is 9.94. The fourth-order valence-corrected chi connectivity index (χ4v) is 3.33. The summed E-state index contributed by atoms with van der Waals surface area (Å²) in [6.45, 7) is 1.89. The van der Waals surface area contributed by atoms with Gasteiger partial charge in [-0.05, 0) is 60.5 Å². The molecule has 0 radical (unpaired) electrons. The van der Waals surface area contributed by atoms with Gasteiger partial charge in [0.25, 0.3) is 0 Å². The summed E-state index contributed by atoms with van der Waals surface area (Å²) in [4.78, 5) is 23.4. The van der Waals surface area contributed by atoms with Gasteiger partial charge < -0.3 is 9.84 Å². The topological polar surface area (TPSA) is 88.0 Å². The molecule has 3 aromatic rings. The molecule has 0 amide bonds. The van der Waals surface area contributed by atoms with Crippen molar-refractivity contribution in [3.63, 3.8) is 0 Å². The third kappa shape index (κ3) is 6.09. The van der Waals surface area contributed by atoms with E-state index in [1.807, 2.05) is 30.3 Å². The summed E-state index contributed by atoms with van der Waals surface area (Å²) in [7, 11) is 0. The summed E-state index contributed by atoms with van der Waals surface area (Å²) in [6, 6.07) is 21.5. The molecule has 0 aromatic heterocycles. The van der Waals surface area contributed by atoms with Crippen molar-refractivity contribution in [2.75, 3.05) is 5.43 Å². The molecule has 0 aliphatic heterocycles. The molecule has 0 saturated carbocycles. The van der Waals surface area contributed by atoms with Crippen molar-refractivity contribution in [1.82, 2.24) is 0 Å². The van der Waals surface area contributed by atoms with Gasteiger partial charge in [-0.3, -0.25) is 10.2 Å². The maximum atomic E-state index is 12.1. The fourth-order valence-electron chi connectivity index (χ4n) is 2.88. The Morgan fingerprint density at radius 3 is 2.34 bits per heavy atom. The van der Waals surface area contributed by atoms with E-state index in [-0.39, 0.29) is 5.71 Å². The third-order valence-electron chi connectivity index (χ3n) is 4.64. The number of carbonyl (C=O) groups is 2. The number of hydrazone groups is 1. The zero-order valence-electron chi connectivity index (χ0n) is 17.1. The van der Waals surface area contributed by atoms with Gasteiger partial charge in [-0.25, -0.2) is 4.79 Å². The predicted molar refractivity (Wildman–Crippen MR) is 126 cm³/mol. The van der Waals surface area contributed by atoms with Crippen LogP contribution in [-0.2, 0) is 16.2 Å². The van der Waals surface area contributed by atoms with Crippen LogP contribution in [0, 0.1) is 5.92 Å². The van der Waals surface area contributed by atoms with Crippen molar-refractivity contribution >= 4 is 46.4 Å². The minimum atomic E-state index is -1.53. The molecule has 2 N–H and O–H groups in total. The van der Waals surface area contributed by atoms with Gasteiger partial charge in [0.15, 0.2) is 0 Å². The molecule has 0 bridgehead atoms. The average molecular weight is 471 g/mol. The molecular weight excluding hydrogens is 451 g/mol. The maximum absolute atomic E-state index is 12.1. The SMILES string of the molecule is CC(C(=O)C(=O)O)C(=NNc1ccc(Cl)cc1Cl)c1ccc(OCc2ccccc2)cc1. The molecule has 164 valence electrons. The van der Waals surface area contributed by atoms with Crippen LogP contribution >= 0.6 is 23.2 Å². The highest BCUT2D eigenvalue weighted by molar-refractivity contribution is 6.39. The quantitative estimate of drug-likeness (QED) is 0.238. The molecule has 0 spiro atoms. The van der Waals surface area contributed by atoms with Crippen molar-refractivity contribution < 1.29 is 19.4 Å². The number of carbonyl (C=O) groups excluding carboxylic acids is 1. The van der Waals surface area contributed by atoms with Crippen LogP contribution in [0.4, 0.5) is 5.69 Å². The van der Waals surface area contributed by atoms with Crippen LogP contribution in [0.25, 0.3) is 0 Å². The molecule has 1 unspecified atom stereocenters. The average Bonchev–Trinajstić information content (AvgIpc) is 2.79. The summed E-state index contributed by atoms with van der Waals surface area (Å²) in [5.74, 6) is -2.88. The van der Waals surface area contributed by atoms with Crippen LogP contribution < -0.4 is 10.2 Å². The second-order valence-corrected chi connectivity index (χ2v) is 7.77. The molecule has 0 aliphatic rings. The lowest BCUT2D eigenvalue weighted by molar-refractivity contribution is -0.149. The van der Waals surface area contributed by atoms with Crippen molar-refractivity contribution in [3.05, 3.63) is 94.0 Å².